The molecule has 0 saturated carbocycles. The molecule has 6 nitrogen and oxygen atoms in total. The van der Waals surface area contributed by atoms with Gasteiger partial charge >= 0.3 is 5.97 Å². The number of nitrogens with one attached hydrogen (secondary N) is 1. The summed E-state index contributed by atoms with van der Waals surface area (Å²) in [6.45, 7) is 0.308. The van der Waals surface area contributed by atoms with E-state index >= 15 is 0 Å². The number of H-pyrrole nitrogens is 1. The highest BCUT2D eigenvalue weighted by atomic mass is 35.5. The number of aromatic nitrogens is 1. The van der Waals surface area contributed by atoms with Crippen molar-refractivity contribution in [2.45, 2.75) is 12.8 Å². The number of ether oxygens (including phenoxy) is 1. The second-order valence-corrected chi connectivity index (χ2v) is 5.59. The van der Waals surface area contributed by atoms with Gasteiger partial charge in [-0.1, -0.05) is 28.4 Å². The molecular weight excluding hydrogens is 353 g/mol. The second kappa shape index (κ2) is 9.10. The Balaban J connectivity index is 1.72. The fourth-order valence-corrected chi connectivity index (χ4v) is 2.20. The van der Waals surface area contributed by atoms with Crippen LogP contribution in [-0.2, 0) is 9.63 Å². The third kappa shape index (κ3) is 5.72. The number of pyridine rings is 1. The Labute approximate surface area is 149 Å². The second-order valence-electron chi connectivity index (χ2n) is 4.74. The number of amidine groups is 1. The number of carbonyl (C=O) groups excluding carboxylic acids is 1. The molecule has 0 aliphatic carbocycles. The number of carbonyl (C=O) groups is 1. The molecule has 0 amide bonds. The average Bonchev–Trinajstić information content (AvgIpc) is 2.59. The van der Waals surface area contributed by atoms with Crippen LogP contribution in [0.1, 0.15) is 18.5 Å². The van der Waals surface area contributed by atoms with Gasteiger partial charge in [-0.15, -0.1) is 0 Å². The Hall–Kier alpha value is -2.31. The summed E-state index contributed by atoms with van der Waals surface area (Å²) in [6.07, 6.45) is 2.28. The van der Waals surface area contributed by atoms with E-state index in [4.69, 9.17) is 38.5 Å². The molecule has 0 radical (unpaired) electrons. The first kappa shape index (κ1) is 18.0. The van der Waals surface area contributed by atoms with E-state index in [1.807, 2.05) is 0 Å². The summed E-state index contributed by atoms with van der Waals surface area (Å²) in [5.41, 5.74) is 6.26. The van der Waals surface area contributed by atoms with Crippen molar-refractivity contribution in [2.75, 3.05) is 6.61 Å². The van der Waals surface area contributed by atoms with Gasteiger partial charge in [-0.2, -0.15) is 0 Å². The maximum atomic E-state index is 11.6. The number of halogens is 2. The molecule has 24 heavy (non-hydrogen) atoms. The molecule has 0 aliphatic heterocycles. The molecule has 8 heteroatoms. The summed E-state index contributed by atoms with van der Waals surface area (Å²) >= 11 is 11.8. The van der Waals surface area contributed by atoms with Crippen molar-refractivity contribution in [3.05, 3.63) is 58.3 Å². The molecule has 0 bridgehead atoms. The van der Waals surface area contributed by atoms with Crippen LogP contribution < -0.4 is 15.5 Å². The zero-order valence-electron chi connectivity index (χ0n) is 12.7. The fourth-order valence-electron chi connectivity index (χ4n) is 1.74. The molecule has 1 heterocycles. The molecule has 0 aliphatic rings. The van der Waals surface area contributed by atoms with Crippen molar-refractivity contribution in [3.8, 4) is 5.75 Å². The van der Waals surface area contributed by atoms with Gasteiger partial charge in [0.25, 0.3) is 0 Å². The van der Waals surface area contributed by atoms with Crippen LogP contribution in [0.25, 0.3) is 0 Å². The molecule has 2 rings (SSSR count). The van der Waals surface area contributed by atoms with Gasteiger partial charge in [0.15, 0.2) is 6.20 Å². The Morgan fingerprint density at radius 2 is 2.08 bits per heavy atom. The van der Waals surface area contributed by atoms with Crippen LogP contribution >= 0.6 is 23.2 Å². The average molecular weight is 369 g/mol. The minimum Gasteiger partial charge on any atom is -0.492 e. The Morgan fingerprint density at radius 1 is 1.25 bits per heavy atom. The minimum atomic E-state index is -0.500. The first-order valence-corrected chi connectivity index (χ1v) is 7.90. The van der Waals surface area contributed by atoms with Crippen LogP contribution in [0.5, 0.6) is 5.75 Å². The monoisotopic (exact) mass is 368 g/mol. The molecule has 0 fully saturated rings. The highest BCUT2D eigenvalue weighted by Crippen LogP contribution is 2.27. The van der Waals surface area contributed by atoms with Gasteiger partial charge in [0.2, 0.25) is 11.5 Å². The van der Waals surface area contributed by atoms with E-state index in [0.29, 0.717) is 34.5 Å². The van der Waals surface area contributed by atoms with E-state index in [0.717, 1.165) is 0 Å². The van der Waals surface area contributed by atoms with Crippen molar-refractivity contribution in [2.24, 2.45) is 10.9 Å². The van der Waals surface area contributed by atoms with Gasteiger partial charge in [-0.25, -0.2) is 9.78 Å². The van der Waals surface area contributed by atoms with Crippen molar-refractivity contribution < 1.29 is 19.4 Å². The van der Waals surface area contributed by atoms with E-state index < -0.39 is 5.97 Å². The topological polar surface area (TPSA) is 88.1 Å². The summed E-state index contributed by atoms with van der Waals surface area (Å²) in [7, 11) is 0. The van der Waals surface area contributed by atoms with Crippen LogP contribution in [0.3, 0.4) is 0 Å². The van der Waals surface area contributed by atoms with Crippen molar-refractivity contribution in [3.63, 3.8) is 0 Å². The lowest BCUT2D eigenvalue weighted by molar-refractivity contribution is -0.380. The lowest BCUT2D eigenvalue weighted by atomic mass is 10.3. The van der Waals surface area contributed by atoms with E-state index in [-0.39, 0.29) is 12.3 Å². The van der Waals surface area contributed by atoms with Gasteiger partial charge in [0, 0.05) is 17.2 Å². The molecule has 1 aromatic heterocycles. The van der Waals surface area contributed by atoms with Crippen molar-refractivity contribution in [1.29, 1.82) is 0 Å². The maximum Gasteiger partial charge on any atom is 0.335 e. The van der Waals surface area contributed by atoms with Gasteiger partial charge in [0.05, 0.1) is 18.1 Å². The largest absolute Gasteiger partial charge is 0.492 e. The standard InChI is InChI=1S/C16H15Cl2N3O3/c17-11-6-7-14(12(18)10-11)23-9-3-5-15(22)24-21-16(19)13-4-1-2-8-20-13/h1-2,4,6-8,10H,3,5,9H2,(H2,19,21)/p+1. The summed E-state index contributed by atoms with van der Waals surface area (Å²) in [5.74, 6) is 0.101. The Bertz CT molecular complexity index is 724. The summed E-state index contributed by atoms with van der Waals surface area (Å²) in [5, 5.41) is 4.54. The molecule has 0 saturated heterocycles. The van der Waals surface area contributed by atoms with Crippen molar-refractivity contribution in [1.82, 2.24) is 0 Å². The third-order valence-electron chi connectivity index (χ3n) is 2.91. The van der Waals surface area contributed by atoms with Gasteiger partial charge in [0.1, 0.15) is 5.75 Å². The lowest BCUT2D eigenvalue weighted by Gasteiger charge is -2.07. The number of nitrogens with two attached hydrogens (primary N) is 1. The van der Waals surface area contributed by atoms with E-state index in [9.17, 15) is 4.79 Å². The summed E-state index contributed by atoms with van der Waals surface area (Å²) in [6, 6.07) is 10.2. The zero-order valence-corrected chi connectivity index (χ0v) is 14.2. The quantitative estimate of drug-likeness (QED) is 0.267. The first-order valence-electron chi connectivity index (χ1n) is 7.14. The molecule has 126 valence electrons. The summed E-state index contributed by atoms with van der Waals surface area (Å²) < 4.78 is 5.47. The first-order chi connectivity index (χ1) is 11.6. The van der Waals surface area contributed by atoms with Crippen molar-refractivity contribution >= 4 is 35.0 Å². The fraction of sp³-hybridized carbons (Fsp3) is 0.188. The number of rotatable bonds is 7. The number of hydrogen-bond acceptors (Lipinski definition) is 4. The normalized spacial score (nSPS) is 11.2. The smallest absolute Gasteiger partial charge is 0.335 e. The number of nitrogens with zero attached hydrogens (tertiary/aromatic N) is 1. The van der Waals surface area contributed by atoms with Gasteiger partial charge < -0.3 is 15.3 Å². The van der Waals surface area contributed by atoms with E-state index in [2.05, 4.69) is 10.1 Å². The SMILES string of the molecule is NC(=NOC(=O)CCCOc1ccc(Cl)cc1Cl)c1cccc[nH+]1. The zero-order chi connectivity index (χ0) is 17.4. The van der Waals surface area contributed by atoms with E-state index in [1.165, 1.54) is 0 Å². The number of oxime groups is 1. The molecule has 0 atom stereocenters. The predicted molar refractivity (Wildman–Crippen MR) is 91.0 cm³/mol. The van der Waals surface area contributed by atoms with Gasteiger partial charge in [-0.05, 0) is 30.7 Å². The number of aromatic amines is 1. The van der Waals surface area contributed by atoms with E-state index in [1.54, 1.807) is 42.6 Å². The summed E-state index contributed by atoms with van der Waals surface area (Å²) in [4.78, 5) is 19.2. The molecule has 2 aromatic rings. The molecule has 1 aromatic carbocycles. The van der Waals surface area contributed by atoms with Crippen LogP contribution in [0.4, 0.5) is 0 Å². The highest BCUT2D eigenvalue weighted by molar-refractivity contribution is 6.35. The lowest BCUT2D eigenvalue weighted by Crippen LogP contribution is -2.24. The molecule has 0 unspecified atom stereocenters. The molecular formula is C16H16Cl2N3O3+. The van der Waals surface area contributed by atoms with Crippen LogP contribution in [0, 0.1) is 0 Å². The number of benzene rings is 1. The van der Waals surface area contributed by atoms with Crippen LogP contribution in [-0.4, -0.2) is 18.4 Å². The Kier molecular flexibility index (Phi) is 6.84. The minimum absolute atomic E-state index is 0.0909. The molecule has 3 N–H and O–H groups in total. The number of hydrogen-bond donors (Lipinski definition) is 1. The van der Waals surface area contributed by atoms with Crippen LogP contribution in [0.15, 0.2) is 47.8 Å². The third-order valence-corrected chi connectivity index (χ3v) is 3.44. The predicted octanol–water partition coefficient (Wildman–Crippen LogP) is 2.83. The van der Waals surface area contributed by atoms with Gasteiger partial charge in [-0.3, -0.25) is 0 Å². The maximum absolute atomic E-state index is 11.6. The highest BCUT2D eigenvalue weighted by Gasteiger charge is 2.09. The van der Waals surface area contributed by atoms with Crippen LogP contribution in [0.2, 0.25) is 10.0 Å². The molecule has 0 spiro atoms. The Morgan fingerprint density at radius 3 is 2.79 bits per heavy atom.